The Morgan fingerprint density at radius 3 is 2.81 bits per heavy atom. The summed E-state index contributed by atoms with van der Waals surface area (Å²) in [5.41, 5.74) is 3.17. The van der Waals surface area contributed by atoms with E-state index in [9.17, 15) is 0 Å². The van der Waals surface area contributed by atoms with Crippen LogP contribution in [-0.4, -0.2) is 36.6 Å². The summed E-state index contributed by atoms with van der Waals surface area (Å²) in [6.07, 6.45) is 2.66. The van der Waals surface area contributed by atoms with Crippen molar-refractivity contribution < 1.29 is 0 Å². The van der Waals surface area contributed by atoms with Crippen LogP contribution in [0.5, 0.6) is 0 Å². The number of likely N-dealkylation sites (tertiary alicyclic amines) is 1. The molecule has 1 aliphatic heterocycles. The number of nitrogens with zero attached hydrogens (tertiary/aromatic N) is 2. The number of thiazole rings is 1. The van der Waals surface area contributed by atoms with Gasteiger partial charge in [0.1, 0.15) is 0 Å². The van der Waals surface area contributed by atoms with Gasteiger partial charge in [-0.05, 0) is 52.4 Å². The molecule has 1 fully saturated rings. The van der Waals surface area contributed by atoms with E-state index in [0.717, 1.165) is 12.5 Å². The minimum Gasteiger partial charge on any atom is -0.319 e. The van der Waals surface area contributed by atoms with Crippen LogP contribution < -0.4 is 5.32 Å². The molecule has 0 unspecified atom stereocenters. The summed E-state index contributed by atoms with van der Waals surface area (Å²) in [4.78, 5) is 8.31. The van der Waals surface area contributed by atoms with Crippen molar-refractivity contribution in [2.45, 2.75) is 26.3 Å². The molecule has 0 amide bonds. The first-order valence-electron chi connectivity index (χ1n) is 6.05. The highest BCUT2D eigenvalue weighted by molar-refractivity contribution is 7.09. The molecule has 1 aromatic rings. The van der Waals surface area contributed by atoms with Crippen LogP contribution in [0.4, 0.5) is 0 Å². The minimum atomic E-state index is 0.879. The number of hydrogen-bond donors (Lipinski definition) is 1. The fourth-order valence-corrected chi connectivity index (χ4v) is 3.14. The first-order chi connectivity index (χ1) is 7.79. The highest BCUT2D eigenvalue weighted by atomic mass is 32.1. The molecule has 2 heterocycles. The van der Waals surface area contributed by atoms with Gasteiger partial charge in [0.2, 0.25) is 0 Å². The maximum Gasteiger partial charge on any atom is 0.0798 e. The van der Waals surface area contributed by atoms with Crippen LogP contribution in [0.3, 0.4) is 0 Å². The maximum absolute atomic E-state index is 4.31. The Bertz CT molecular complexity index is 316. The van der Waals surface area contributed by atoms with Gasteiger partial charge in [-0.15, -0.1) is 11.3 Å². The maximum atomic E-state index is 4.31. The summed E-state index contributed by atoms with van der Waals surface area (Å²) in [7, 11) is 2.05. The van der Waals surface area contributed by atoms with Gasteiger partial charge < -0.3 is 5.32 Å². The monoisotopic (exact) mass is 239 g/mol. The highest BCUT2D eigenvalue weighted by Gasteiger charge is 2.19. The van der Waals surface area contributed by atoms with E-state index in [1.807, 2.05) is 12.6 Å². The molecular formula is C12H21N3S. The Balaban J connectivity index is 1.79. The molecule has 1 aliphatic rings. The predicted molar refractivity (Wildman–Crippen MR) is 68.8 cm³/mol. The van der Waals surface area contributed by atoms with Crippen molar-refractivity contribution >= 4 is 11.3 Å². The highest BCUT2D eigenvalue weighted by Crippen LogP contribution is 2.21. The number of rotatable bonds is 4. The summed E-state index contributed by atoms with van der Waals surface area (Å²) in [6, 6.07) is 0. The fraction of sp³-hybridized carbons (Fsp3) is 0.750. The molecule has 0 bridgehead atoms. The zero-order chi connectivity index (χ0) is 11.4. The molecule has 2 rings (SSSR count). The fourth-order valence-electron chi connectivity index (χ4n) is 2.32. The Labute approximate surface area is 102 Å². The van der Waals surface area contributed by atoms with Crippen molar-refractivity contribution in [2.75, 3.05) is 26.7 Å². The lowest BCUT2D eigenvalue weighted by Gasteiger charge is -2.31. The van der Waals surface area contributed by atoms with Crippen molar-refractivity contribution in [3.63, 3.8) is 0 Å². The molecule has 0 saturated carbocycles. The predicted octanol–water partition coefficient (Wildman–Crippen LogP) is 1.88. The van der Waals surface area contributed by atoms with Crippen LogP contribution in [0.1, 0.15) is 23.4 Å². The van der Waals surface area contributed by atoms with E-state index in [2.05, 4.69) is 22.1 Å². The third-order valence-corrected chi connectivity index (χ3v) is 4.33. The molecule has 16 heavy (non-hydrogen) atoms. The van der Waals surface area contributed by atoms with Crippen LogP contribution >= 0.6 is 11.3 Å². The second kappa shape index (κ2) is 5.75. The molecule has 1 N–H and O–H groups in total. The molecule has 0 aromatic carbocycles. The van der Waals surface area contributed by atoms with Gasteiger partial charge in [-0.2, -0.15) is 0 Å². The van der Waals surface area contributed by atoms with Gasteiger partial charge in [-0.1, -0.05) is 0 Å². The number of hydrogen-bond acceptors (Lipinski definition) is 4. The zero-order valence-electron chi connectivity index (χ0n) is 10.2. The number of nitrogens with one attached hydrogen (secondary N) is 1. The summed E-state index contributed by atoms with van der Waals surface area (Å²) >= 11 is 1.79. The van der Waals surface area contributed by atoms with Crippen LogP contribution in [0.25, 0.3) is 0 Å². The third kappa shape index (κ3) is 3.03. The normalized spacial score (nSPS) is 19.1. The quantitative estimate of drug-likeness (QED) is 0.869. The van der Waals surface area contributed by atoms with Gasteiger partial charge in [0.05, 0.1) is 11.2 Å². The van der Waals surface area contributed by atoms with Crippen LogP contribution in [0, 0.1) is 12.8 Å². The van der Waals surface area contributed by atoms with E-state index >= 15 is 0 Å². The number of aromatic nitrogens is 1. The molecular weight excluding hydrogens is 218 g/mol. The van der Waals surface area contributed by atoms with Crippen LogP contribution in [-0.2, 0) is 6.54 Å². The Morgan fingerprint density at radius 2 is 2.25 bits per heavy atom. The lowest BCUT2D eigenvalue weighted by Crippen LogP contribution is -2.36. The smallest absolute Gasteiger partial charge is 0.0798 e. The van der Waals surface area contributed by atoms with Crippen molar-refractivity contribution in [1.82, 2.24) is 15.2 Å². The van der Waals surface area contributed by atoms with E-state index in [-0.39, 0.29) is 0 Å². The standard InChI is InChI=1S/C12H21N3S/c1-10-12(16-9-14-10)8-15-5-3-11(4-6-15)7-13-2/h9,11,13H,3-8H2,1-2H3. The molecule has 90 valence electrons. The Morgan fingerprint density at radius 1 is 1.50 bits per heavy atom. The number of piperidine rings is 1. The summed E-state index contributed by atoms with van der Waals surface area (Å²) in [5, 5.41) is 3.28. The second-order valence-electron chi connectivity index (χ2n) is 4.64. The second-order valence-corrected chi connectivity index (χ2v) is 5.58. The van der Waals surface area contributed by atoms with E-state index in [1.165, 1.54) is 43.0 Å². The Kier molecular flexibility index (Phi) is 4.32. The van der Waals surface area contributed by atoms with E-state index in [4.69, 9.17) is 0 Å². The van der Waals surface area contributed by atoms with Crippen LogP contribution in [0.15, 0.2) is 5.51 Å². The van der Waals surface area contributed by atoms with E-state index < -0.39 is 0 Å². The van der Waals surface area contributed by atoms with Crippen molar-refractivity contribution in [3.8, 4) is 0 Å². The van der Waals surface area contributed by atoms with Crippen molar-refractivity contribution in [2.24, 2.45) is 5.92 Å². The molecule has 1 saturated heterocycles. The van der Waals surface area contributed by atoms with Gasteiger partial charge in [0.15, 0.2) is 0 Å². The summed E-state index contributed by atoms with van der Waals surface area (Å²) in [6.45, 7) is 6.86. The molecule has 0 atom stereocenters. The summed E-state index contributed by atoms with van der Waals surface area (Å²) in [5.74, 6) is 0.879. The topological polar surface area (TPSA) is 28.2 Å². The van der Waals surface area contributed by atoms with Crippen molar-refractivity contribution in [3.05, 3.63) is 16.1 Å². The van der Waals surface area contributed by atoms with Gasteiger partial charge in [0, 0.05) is 11.4 Å². The molecule has 4 heteroatoms. The lowest BCUT2D eigenvalue weighted by molar-refractivity contribution is 0.178. The van der Waals surface area contributed by atoms with Gasteiger partial charge in [0.25, 0.3) is 0 Å². The molecule has 1 aromatic heterocycles. The van der Waals surface area contributed by atoms with Gasteiger partial charge in [-0.3, -0.25) is 4.90 Å². The molecule has 0 spiro atoms. The van der Waals surface area contributed by atoms with E-state index in [1.54, 1.807) is 11.3 Å². The minimum absolute atomic E-state index is 0.879. The molecule has 3 nitrogen and oxygen atoms in total. The third-order valence-electron chi connectivity index (χ3n) is 3.41. The van der Waals surface area contributed by atoms with Crippen LogP contribution in [0.2, 0.25) is 0 Å². The zero-order valence-corrected chi connectivity index (χ0v) is 11.0. The van der Waals surface area contributed by atoms with Crippen molar-refractivity contribution in [1.29, 1.82) is 0 Å². The molecule has 0 radical (unpaired) electrons. The summed E-state index contributed by atoms with van der Waals surface area (Å²) < 4.78 is 0. The van der Waals surface area contributed by atoms with E-state index in [0.29, 0.717) is 0 Å². The largest absolute Gasteiger partial charge is 0.319 e. The molecule has 0 aliphatic carbocycles. The number of aryl methyl sites for hydroxylation is 1. The van der Waals surface area contributed by atoms with Gasteiger partial charge >= 0.3 is 0 Å². The first-order valence-corrected chi connectivity index (χ1v) is 6.93. The first kappa shape index (κ1) is 12.0. The average Bonchev–Trinajstić information content (AvgIpc) is 2.68. The Hall–Kier alpha value is -0.450. The SMILES string of the molecule is CNCC1CCN(Cc2scnc2C)CC1. The average molecular weight is 239 g/mol. The lowest BCUT2D eigenvalue weighted by atomic mass is 9.97. The van der Waals surface area contributed by atoms with Gasteiger partial charge in [-0.25, -0.2) is 4.98 Å².